The molecule has 1 aliphatic heterocycles. The maximum atomic E-state index is 15.1. The highest BCUT2D eigenvalue weighted by Gasteiger charge is 2.48. The number of nitrogens with zero attached hydrogens (tertiary/aromatic N) is 3. The summed E-state index contributed by atoms with van der Waals surface area (Å²) in [6.07, 6.45) is 4.40. The first-order chi connectivity index (χ1) is 14.6. The van der Waals surface area contributed by atoms with E-state index in [1.54, 1.807) is 0 Å². The minimum atomic E-state index is -4.33. The molecule has 6 nitrogen and oxygen atoms in total. The van der Waals surface area contributed by atoms with Gasteiger partial charge in [0.15, 0.2) is 5.82 Å². The Morgan fingerprint density at radius 3 is 2.71 bits per heavy atom. The Kier molecular flexibility index (Phi) is 5.87. The Hall–Kier alpha value is -1.97. The third-order valence-corrected chi connectivity index (χ3v) is 8.21. The average Bonchev–Trinajstić information content (AvgIpc) is 3.30. The highest BCUT2D eigenvalue weighted by Crippen LogP contribution is 2.49. The molecule has 0 radical (unpaired) electrons. The molecule has 2 fully saturated rings. The molecule has 1 aromatic carbocycles. The van der Waals surface area contributed by atoms with Gasteiger partial charge in [0, 0.05) is 24.5 Å². The van der Waals surface area contributed by atoms with Crippen molar-refractivity contribution in [1.82, 2.24) is 9.88 Å². The van der Waals surface area contributed by atoms with E-state index in [0.29, 0.717) is 11.7 Å². The van der Waals surface area contributed by atoms with Gasteiger partial charge in [0.05, 0.1) is 5.69 Å². The number of pyridine rings is 1. The van der Waals surface area contributed by atoms with Crippen LogP contribution in [0.4, 0.5) is 20.3 Å². The zero-order chi connectivity index (χ0) is 22.4. The van der Waals surface area contributed by atoms with Gasteiger partial charge in [0.1, 0.15) is 15.7 Å². The Bertz CT molecular complexity index is 1100. The lowest BCUT2D eigenvalue weighted by molar-refractivity contribution is 0.153. The molecule has 2 aliphatic rings. The number of sulfonamides is 1. The molecule has 2 atom stereocenters. The van der Waals surface area contributed by atoms with Gasteiger partial charge >= 0.3 is 0 Å². The summed E-state index contributed by atoms with van der Waals surface area (Å²) >= 11 is 6.31. The number of rotatable bonds is 5. The van der Waals surface area contributed by atoms with Crippen LogP contribution in [0, 0.1) is 17.2 Å². The van der Waals surface area contributed by atoms with Crippen LogP contribution < -0.4 is 9.62 Å². The quantitative estimate of drug-likeness (QED) is 0.666. The fourth-order valence-electron chi connectivity index (χ4n) is 5.13. The zero-order valence-corrected chi connectivity index (χ0v) is 19.0. The molecule has 2 aromatic rings. The highest BCUT2D eigenvalue weighted by atomic mass is 35.5. The van der Waals surface area contributed by atoms with Gasteiger partial charge in [-0.15, -0.1) is 0 Å². The molecule has 2 heterocycles. The van der Waals surface area contributed by atoms with E-state index in [-0.39, 0.29) is 16.3 Å². The van der Waals surface area contributed by atoms with Gasteiger partial charge in [-0.1, -0.05) is 24.1 Å². The molecule has 4 rings (SSSR count). The van der Waals surface area contributed by atoms with Crippen molar-refractivity contribution in [2.45, 2.75) is 36.6 Å². The smallest absolute Gasteiger partial charge is 0.266 e. The highest BCUT2D eigenvalue weighted by molar-refractivity contribution is 7.92. The predicted molar refractivity (Wildman–Crippen MR) is 117 cm³/mol. The van der Waals surface area contributed by atoms with Crippen LogP contribution in [0.5, 0.6) is 0 Å². The van der Waals surface area contributed by atoms with E-state index in [9.17, 15) is 12.8 Å². The van der Waals surface area contributed by atoms with Gasteiger partial charge in [-0.25, -0.2) is 17.8 Å². The fraction of sp³-hybridized carbons (Fsp3) is 0.476. The summed E-state index contributed by atoms with van der Waals surface area (Å²) in [5, 5.41) is -0.230. The molecule has 1 spiro atoms. The lowest BCUT2D eigenvalue weighted by atomic mass is 9.81. The number of nitrogens with one attached hydrogen (secondary N) is 1. The molecule has 0 unspecified atom stereocenters. The molecule has 10 heteroatoms. The van der Waals surface area contributed by atoms with Crippen molar-refractivity contribution in [3.8, 4) is 0 Å². The maximum absolute atomic E-state index is 15.1. The molecule has 31 heavy (non-hydrogen) atoms. The van der Waals surface area contributed by atoms with Gasteiger partial charge in [0.2, 0.25) is 5.95 Å². The van der Waals surface area contributed by atoms with Gasteiger partial charge in [-0.05, 0) is 57.6 Å². The Balaban J connectivity index is 1.60. The summed E-state index contributed by atoms with van der Waals surface area (Å²) in [5.41, 5.74) is 0.627. The molecule has 0 amide bonds. The summed E-state index contributed by atoms with van der Waals surface area (Å²) in [6, 6.07) is 6.86. The topological polar surface area (TPSA) is 65.5 Å². The van der Waals surface area contributed by atoms with Crippen LogP contribution in [0.3, 0.4) is 0 Å². The van der Waals surface area contributed by atoms with Gasteiger partial charge < -0.3 is 9.80 Å². The molecule has 1 saturated heterocycles. The Labute approximate surface area is 186 Å². The van der Waals surface area contributed by atoms with Crippen molar-refractivity contribution in [3.63, 3.8) is 0 Å². The fourth-order valence-corrected chi connectivity index (χ4v) is 6.56. The van der Waals surface area contributed by atoms with Gasteiger partial charge in [-0.2, -0.15) is 4.39 Å². The zero-order valence-electron chi connectivity index (χ0n) is 17.4. The summed E-state index contributed by atoms with van der Waals surface area (Å²) in [7, 11) is -0.149. The molecule has 1 aromatic heterocycles. The molecule has 168 valence electrons. The number of anilines is 2. The number of aromatic nitrogens is 1. The monoisotopic (exact) mass is 470 g/mol. The van der Waals surface area contributed by atoms with Crippen LogP contribution >= 0.6 is 11.6 Å². The maximum Gasteiger partial charge on any atom is 0.266 e. The second-order valence-corrected chi connectivity index (χ2v) is 10.6. The van der Waals surface area contributed by atoms with Gasteiger partial charge in [-0.3, -0.25) is 4.72 Å². The van der Waals surface area contributed by atoms with Crippen molar-refractivity contribution >= 4 is 33.1 Å². The third-order valence-electron chi connectivity index (χ3n) is 6.48. The second-order valence-electron chi connectivity index (χ2n) is 8.57. The number of hydrogen-bond acceptors (Lipinski definition) is 5. The van der Waals surface area contributed by atoms with Crippen LogP contribution in [-0.4, -0.2) is 51.5 Å². The van der Waals surface area contributed by atoms with Crippen LogP contribution in [0.2, 0.25) is 5.02 Å². The Morgan fingerprint density at radius 2 is 2.00 bits per heavy atom. The van der Waals surface area contributed by atoms with Crippen molar-refractivity contribution in [2.75, 3.05) is 36.8 Å². The normalized spacial score (nSPS) is 23.8. The van der Waals surface area contributed by atoms with E-state index in [0.717, 1.165) is 44.8 Å². The first-order valence-electron chi connectivity index (χ1n) is 10.2. The van der Waals surface area contributed by atoms with Crippen LogP contribution in [-0.2, 0) is 10.0 Å². The minimum Gasteiger partial charge on any atom is -0.370 e. The van der Waals surface area contributed by atoms with Crippen LogP contribution in [0.15, 0.2) is 35.2 Å². The van der Waals surface area contributed by atoms with Crippen molar-refractivity contribution in [3.05, 3.63) is 47.1 Å². The van der Waals surface area contributed by atoms with E-state index >= 15 is 4.39 Å². The number of halogens is 3. The van der Waals surface area contributed by atoms with E-state index in [4.69, 9.17) is 11.6 Å². The second kappa shape index (κ2) is 8.18. The van der Waals surface area contributed by atoms with Crippen molar-refractivity contribution in [2.24, 2.45) is 5.41 Å². The lowest BCUT2D eigenvalue weighted by Gasteiger charge is -2.36. The molecular weight excluding hydrogens is 446 g/mol. The largest absolute Gasteiger partial charge is 0.370 e. The van der Waals surface area contributed by atoms with Crippen LogP contribution in [0.25, 0.3) is 0 Å². The summed E-state index contributed by atoms with van der Waals surface area (Å²) in [5.74, 6) is -2.11. The van der Waals surface area contributed by atoms with Crippen molar-refractivity contribution < 1.29 is 17.2 Å². The average molecular weight is 471 g/mol. The van der Waals surface area contributed by atoms with E-state index < -0.39 is 26.7 Å². The SMILES string of the molecule is CN(C)[C@H]1CCC[C@]12CCN(c1ccc(S(=O)(=O)Nc3cccc(F)n3)c(F)c1Cl)C2. The van der Waals surface area contributed by atoms with E-state index in [1.165, 1.54) is 24.3 Å². The standard InChI is InChI=1S/C21H25ClF2N4O2S/c1-27(2)16-5-4-10-21(16)11-12-28(13-21)14-8-9-15(20(24)19(14)22)31(29,30)26-18-7-3-6-17(23)25-18/h3,6-9,16H,4-5,10-13H2,1-2H3,(H,25,26)/t16-,21+/m0/s1. The molecule has 1 saturated carbocycles. The van der Waals surface area contributed by atoms with E-state index in [1.807, 2.05) is 4.90 Å². The predicted octanol–water partition coefficient (Wildman–Crippen LogP) is 4.12. The molecule has 1 N–H and O–H groups in total. The third kappa shape index (κ3) is 4.10. The van der Waals surface area contributed by atoms with E-state index in [2.05, 4.69) is 28.7 Å². The number of benzene rings is 1. The minimum absolute atomic E-state index is 0.138. The molecular formula is C21H25ClF2N4O2S. The first-order valence-corrected chi connectivity index (χ1v) is 12.0. The summed E-state index contributed by atoms with van der Waals surface area (Å²) < 4.78 is 55.7. The van der Waals surface area contributed by atoms with Crippen molar-refractivity contribution in [1.29, 1.82) is 0 Å². The number of hydrogen-bond donors (Lipinski definition) is 1. The first kappa shape index (κ1) is 22.2. The molecule has 0 bridgehead atoms. The van der Waals surface area contributed by atoms with Crippen LogP contribution in [0.1, 0.15) is 25.7 Å². The summed E-state index contributed by atoms with van der Waals surface area (Å²) in [4.78, 5) is 7.16. The van der Waals surface area contributed by atoms with Gasteiger partial charge in [0.25, 0.3) is 10.0 Å². The lowest BCUT2D eigenvalue weighted by Crippen LogP contribution is -2.42. The molecule has 1 aliphatic carbocycles. The summed E-state index contributed by atoms with van der Waals surface area (Å²) in [6.45, 7) is 1.49. The Morgan fingerprint density at radius 1 is 1.23 bits per heavy atom.